The van der Waals surface area contributed by atoms with Gasteiger partial charge in [-0.1, -0.05) is 25.7 Å². The molecule has 0 saturated carbocycles. The molecule has 1 aromatic carbocycles. The van der Waals surface area contributed by atoms with Crippen LogP contribution in [-0.2, 0) is 14.0 Å². The van der Waals surface area contributed by atoms with Crippen LogP contribution in [-0.4, -0.2) is 39.8 Å². The second kappa shape index (κ2) is 7.73. The Kier molecular flexibility index (Phi) is 6.24. The van der Waals surface area contributed by atoms with Crippen molar-refractivity contribution in [3.63, 3.8) is 0 Å². The fourth-order valence-corrected chi connectivity index (χ4v) is 3.19. The summed E-state index contributed by atoms with van der Waals surface area (Å²) >= 11 is 0. The van der Waals surface area contributed by atoms with Gasteiger partial charge in [0.15, 0.2) is 6.79 Å². The van der Waals surface area contributed by atoms with E-state index in [0.717, 1.165) is 11.5 Å². The predicted molar refractivity (Wildman–Crippen MR) is 106 cm³/mol. The van der Waals surface area contributed by atoms with E-state index in [9.17, 15) is 5.26 Å². The number of rotatable bonds is 7. The number of hydrogen-bond donors (Lipinski definition) is 0. The Bertz CT molecular complexity index is 663. The van der Waals surface area contributed by atoms with Gasteiger partial charge in [0.1, 0.15) is 5.75 Å². The van der Waals surface area contributed by atoms with Gasteiger partial charge in [-0.25, -0.2) is 0 Å². The molecule has 0 radical (unpaired) electrons. The van der Waals surface area contributed by atoms with Crippen molar-refractivity contribution < 1.29 is 18.8 Å². The van der Waals surface area contributed by atoms with Gasteiger partial charge in [-0.15, -0.1) is 0 Å². The zero-order chi connectivity index (χ0) is 19.6. The Morgan fingerprint density at radius 3 is 2.27 bits per heavy atom. The minimum Gasteiger partial charge on any atom is -0.468 e. The van der Waals surface area contributed by atoms with E-state index in [2.05, 4.69) is 25.7 Å². The van der Waals surface area contributed by atoms with Crippen molar-refractivity contribution in [1.29, 1.82) is 5.26 Å². The fraction of sp³-hybridized carbons (Fsp3) is 0.632. The van der Waals surface area contributed by atoms with Gasteiger partial charge in [0.2, 0.25) is 0 Å². The average Bonchev–Trinajstić information content (AvgIpc) is 2.73. The lowest BCUT2D eigenvalue weighted by molar-refractivity contribution is 0.00578. The van der Waals surface area contributed by atoms with Crippen LogP contribution in [0.2, 0.25) is 25.7 Å². The van der Waals surface area contributed by atoms with E-state index in [0.29, 0.717) is 17.9 Å². The minimum atomic E-state index is -1.13. The lowest BCUT2D eigenvalue weighted by atomic mass is 9.78. The van der Waals surface area contributed by atoms with Crippen molar-refractivity contribution in [3.8, 4) is 11.8 Å². The Morgan fingerprint density at radius 1 is 1.12 bits per heavy atom. The zero-order valence-corrected chi connectivity index (χ0v) is 18.0. The molecule has 0 unspecified atom stereocenters. The summed E-state index contributed by atoms with van der Waals surface area (Å²) in [5.41, 5.74) is 0.437. The van der Waals surface area contributed by atoms with Gasteiger partial charge in [0.05, 0.1) is 22.8 Å². The molecular weight excluding hydrogens is 345 g/mol. The first kappa shape index (κ1) is 21.0. The first-order valence-corrected chi connectivity index (χ1v) is 12.8. The van der Waals surface area contributed by atoms with Crippen molar-refractivity contribution in [2.45, 2.75) is 64.6 Å². The minimum absolute atomic E-state index is 0.145. The summed E-state index contributed by atoms with van der Waals surface area (Å²) in [4.78, 5) is 0. The molecule has 5 nitrogen and oxygen atoms in total. The van der Waals surface area contributed by atoms with E-state index in [1.165, 1.54) is 0 Å². The van der Waals surface area contributed by atoms with Crippen LogP contribution >= 0.6 is 0 Å². The second-order valence-corrected chi connectivity index (χ2v) is 14.6. The molecule has 1 fully saturated rings. The molecule has 1 aromatic rings. The van der Waals surface area contributed by atoms with Gasteiger partial charge in [-0.05, 0) is 45.9 Å². The maximum absolute atomic E-state index is 9.19. The Hall–Kier alpha value is -1.33. The van der Waals surface area contributed by atoms with Crippen LogP contribution in [0.5, 0.6) is 5.75 Å². The second-order valence-electron chi connectivity index (χ2n) is 8.93. The molecule has 0 aliphatic carbocycles. The number of nitriles is 1. The van der Waals surface area contributed by atoms with Crippen molar-refractivity contribution in [2.24, 2.45) is 0 Å². The SMILES string of the molecule is CC1(C)OB(c2ccc(C#N)cc2OCOCC[Si](C)(C)C)OC1(C)C. The summed E-state index contributed by atoms with van der Waals surface area (Å²) in [6.45, 7) is 15.8. The normalized spacial score (nSPS) is 18.6. The molecule has 1 heterocycles. The van der Waals surface area contributed by atoms with E-state index >= 15 is 0 Å². The van der Waals surface area contributed by atoms with Crippen LogP contribution in [0.1, 0.15) is 33.3 Å². The molecule has 2 rings (SSSR count). The molecular formula is C19H30BNO4Si. The maximum Gasteiger partial charge on any atom is 0.498 e. The monoisotopic (exact) mass is 375 g/mol. The number of benzene rings is 1. The topological polar surface area (TPSA) is 60.7 Å². The van der Waals surface area contributed by atoms with Gasteiger partial charge in [0, 0.05) is 20.1 Å². The van der Waals surface area contributed by atoms with Crippen LogP contribution < -0.4 is 10.2 Å². The first-order chi connectivity index (χ1) is 12.0. The average molecular weight is 375 g/mol. The van der Waals surface area contributed by atoms with E-state index in [1.54, 1.807) is 12.1 Å². The molecule has 1 saturated heterocycles. The molecule has 0 spiro atoms. The molecule has 0 bridgehead atoms. The van der Waals surface area contributed by atoms with Gasteiger partial charge < -0.3 is 18.8 Å². The van der Waals surface area contributed by atoms with Gasteiger partial charge in [-0.3, -0.25) is 0 Å². The van der Waals surface area contributed by atoms with Crippen molar-refractivity contribution >= 4 is 20.7 Å². The lowest BCUT2D eigenvalue weighted by Crippen LogP contribution is -2.41. The smallest absolute Gasteiger partial charge is 0.468 e. The maximum atomic E-state index is 9.19. The van der Waals surface area contributed by atoms with E-state index in [4.69, 9.17) is 18.8 Å². The van der Waals surface area contributed by atoms with Crippen LogP contribution in [0.15, 0.2) is 18.2 Å². The quantitative estimate of drug-likeness (QED) is 0.414. The highest BCUT2D eigenvalue weighted by molar-refractivity contribution is 6.76. The van der Waals surface area contributed by atoms with Gasteiger partial charge in [0.25, 0.3) is 0 Å². The van der Waals surface area contributed by atoms with E-state index in [1.807, 2.05) is 33.8 Å². The number of hydrogen-bond acceptors (Lipinski definition) is 5. The highest BCUT2D eigenvalue weighted by atomic mass is 28.3. The third-order valence-electron chi connectivity index (χ3n) is 4.94. The van der Waals surface area contributed by atoms with Crippen molar-refractivity contribution in [3.05, 3.63) is 23.8 Å². The molecule has 0 atom stereocenters. The molecule has 7 heteroatoms. The number of ether oxygens (including phenoxy) is 2. The van der Waals surface area contributed by atoms with Crippen LogP contribution in [0.25, 0.3) is 0 Å². The predicted octanol–water partition coefficient (Wildman–Crippen LogP) is 3.55. The molecule has 0 amide bonds. The zero-order valence-electron chi connectivity index (χ0n) is 17.0. The number of nitrogens with zero attached hydrogens (tertiary/aromatic N) is 1. The molecule has 142 valence electrons. The summed E-state index contributed by atoms with van der Waals surface area (Å²) < 4.78 is 23.7. The lowest BCUT2D eigenvalue weighted by Gasteiger charge is -2.32. The molecule has 1 aliphatic heterocycles. The fourth-order valence-electron chi connectivity index (χ4n) is 2.44. The third kappa shape index (κ3) is 5.10. The Morgan fingerprint density at radius 2 is 1.73 bits per heavy atom. The summed E-state index contributed by atoms with van der Waals surface area (Å²) in [5, 5.41) is 9.19. The van der Waals surface area contributed by atoms with E-state index < -0.39 is 26.4 Å². The Labute approximate surface area is 158 Å². The molecule has 1 aliphatic rings. The van der Waals surface area contributed by atoms with E-state index in [-0.39, 0.29) is 6.79 Å². The molecule has 0 aromatic heterocycles. The summed E-state index contributed by atoms with van der Waals surface area (Å²) in [6, 6.07) is 8.52. The standard InChI is InChI=1S/C19H30BNO4Si/c1-18(2)19(3,4)25-20(24-18)16-9-8-15(13-21)12-17(16)23-14-22-10-11-26(5,6)7/h8-9,12H,10-11,14H2,1-7H3. The van der Waals surface area contributed by atoms with Crippen molar-refractivity contribution in [1.82, 2.24) is 0 Å². The summed E-state index contributed by atoms with van der Waals surface area (Å²) in [6.07, 6.45) is 0. The van der Waals surface area contributed by atoms with Gasteiger partial charge >= 0.3 is 7.12 Å². The third-order valence-corrected chi connectivity index (χ3v) is 6.65. The molecule has 0 N–H and O–H groups in total. The summed E-state index contributed by atoms with van der Waals surface area (Å²) in [7, 11) is -1.67. The molecule has 26 heavy (non-hydrogen) atoms. The van der Waals surface area contributed by atoms with Crippen molar-refractivity contribution in [2.75, 3.05) is 13.4 Å². The first-order valence-electron chi connectivity index (χ1n) is 9.05. The Balaban J connectivity index is 2.09. The van der Waals surface area contributed by atoms with Crippen LogP contribution in [0.3, 0.4) is 0 Å². The van der Waals surface area contributed by atoms with Crippen LogP contribution in [0, 0.1) is 11.3 Å². The van der Waals surface area contributed by atoms with Crippen LogP contribution in [0.4, 0.5) is 0 Å². The van der Waals surface area contributed by atoms with Gasteiger partial charge in [-0.2, -0.15) is 5.26 Å². The highest BCUT2D eigenvalue weighted by Gasteiger charge is 2.52. The highest BCUT2D eigenvalue weighted by Crippen LogP contribution is 2.37. The summed E-state index contributed by atoms with van der Waals surface area (Å²) in [5.74, 6) is 0.565. The largest absolute Gasteiger partial charge is 0.498 e.